The molecule has 0 fully saturated rings. The van der Waals surface area contributed by atoms with Crippen molar-refractivity contribution in [3.05, 3.63) is 59.7 Å². The molecule has 1 heterocycles. The Balaban J connectivity index is 1.59. The van der Waals surface area contributed by atoms with Crippen LogP contribution in [0.2, 0.25) is 0 Å². The Kier molecular flexibility index (Phi) is 6.65. The third kappa shape index (κ3) is 5.22. The number of carbonyl (C=O) groups excluding carboxylic acids is 3. The Morgan fingerprint density at radius 2 is 1.79 bits per heavy atom. The summed E-state index contributed by atoms with van der Waals surface area (Å²) in [5.74, 6) is -1.17. The lowest BCUT2D eigenvalue weighted by atomic mass is 10.1. The van der Waals surface area contributed by atoms with Gasteiger partial charge in [0.1, 0.15) is 6.54 Å². The lowest BCUT2D eigenvalue weighted by molar-refractivity contribution is -0.153. The molecule has 1 atom stereocenters. The Labute approximate surface area is 170 Å². The van der Waals surface area contributed by atoms with Gasteiger partial charge in [0.2, 0.25) is 5.91 Å². The van der Waals surface area contributed by atoms with Gasteiger partial charge in [0, 0.05) is 0 Å². The molecule has 0 aliphatic carbocycles. The van der Waals surface area contributed by atoms with Gasteiger partial charge in [0.25, 0.3) is 5.91 Å². The van der Waals surface area contributed by atoms with E-state index in [1.165, 1.54) is 17.4 Å². The summed E-state index contributed by atoms with van der Waals surface area (Å²) < 4.78 is 5.35. The zero-order valence-corrected chi connectivity index (χ0v) is 16.8. The molecule has 2 aromatic rings. The van der Waals surface area contributed by atoms with Crippen molar-refractivity contribution in [3.8, 4) is 0 Å². The number of hydrogen-bond donors (Lipinski definition) is 1. The molecule has 0 unspecified atom stereocenters. The fraction of sp³-hybridized carbons (Fsp3) is 0.348. The third-order valence-electron chi connectivity index (χ3n) is 4.88. The summed E-state index contributed by atoms with van der Waals surface area (Å²) >= 11 is 0. The van der Waals surface area contributed by atoms with Crippen LogP contribution in [-0.2, 0) is 32.0 Å². The monoisotopic (exact) mass is 394 g/mol. The average molecular weight is 394 g/mol. The van der Waals surface area contributed by atoms with Crippen LogP contribution in [0.4, 0.5) is 11.4 Å². The number of ether oxygens (including phenoxy) is 1. The Bertz CT molecular complexity index is 892. The molecule has 0 bridgehead atoms. The number of para-hydroxylation sites is 2. The minimum atomic E-state index is -0.981. The van der Waals surface area contributed by atoms with Gasteiger partial charge in [-0.3, -0.25) is 19.3 Å². The van der Waals surface area contributed by atoms with E-state index in [9.17, 15) is 14.4 Å². The lowest BCUT2D eigenvalue weighted by Crippen LogP contribution is -2.47. The second-order valence-corrected chi connectivity index (χ2v) is 7.22. The number of nitrogens with one attached hydrogen (secondary N) is 1. The number of esters is 1. The van der Waals surface area contributed by atoms with Crippen molar-refractivity contribution >= 4 is 29.2 Å². The van der Waals surface area contributed by atoms with E-state index in [0.717, 1.165) is 24.8 Å². The molecule has 152 valence electrons. The van der Waals surface area contributed by atoms with Gasteiger partial charge in [-0.05, 0) is 43.0 Å². The van der Waals surface area contributed by atoms with Crippen LogP contribution in [0.25, 0.3) is 0 Å². The van der Waals surface area contributed by atoms with Crippen molar-refractivity contribution in [1.82, 2.24) is 0 Å². The van der Waals surface area contributed by atoms with Crippen LogP contribution < -0.4 is 10.2 Å². The number of anilines is 2. The van der Waals surface area contributed by atoms with Crippen LogP contribution >= 0.6 is 0 Å². The number of aryl methyl sites for hydroxylation is 1. The highest BCUT2D eigenvalue weighted by molar-refractivity contribution is 6.11. The normalized spacial score (nSPS) is 14.0. The SMILES string of the molecule is CCCCc1ccc(CC(=O)O[C@@H](C)C(=O)N2CC(=O)Nc3ccccc32)cc1. The first-order valence-corrected chi connectivity index (χ1v) is 9.95. The van der Waals surface area contributed by atoms with Crippen LogP contribution in [-0.4, -0.2) is 30.4 Å². The van der Waals surface area contributed by atoms with Crippen molar-refractivity contribution < 1.29 is 19.1 Å². The predicted octanol–water partition coefficient (Wildman–Crippen LogP) is 3.49. The van der Waals surface area contributed by atoms with Gasteiger partial charge in [-0.15, -0.1) is 0 Å². The summed E-state index contributed by atoms with van der Waals surface area (Å²) in [5, 5.41) is 2.73. The van der Waals surface area contributed by atoms with Crippen LogP contribution in [0.5, 0.6) is 0 Å². The smallest absolute Gasteiger partial charge is 0.311 e. The number of carbonyl (C=O) groups is 3. The zero-order valence-electron chi connectivity index (χ0n) is 16.8. The fourth-order valence-corrected chi connectivity index (χ4v) is 3.31. The summed E-state index contributed by atoms with van der Waals surface area (Å²) in [5.41, 5.74) is 3.26. The molecule has 29 heavy (non-hydrogen) atoms. The van der Waals surface area contributed by atoms with E-state index in [1.807, 2.05) is 24.3 Å². The van der Waals surface area contributed by atoms with Gasteiger partial charge in [0.05, 0.1) is 17.8 Å². The van der Waals surface area contributed by atoms with Gasteiger partial charge in [-0.25, -0.2) is 0 Å². The highest BCUT2D eigenvalue weighted by atomic mass is 16.5. The molecule has 6 nitrogen and oxygen atoms in total. The molecule has 0 radical (unpaired) electrons. The van der Waals surface area contributed by atoms with E-state index in [2.05, 4.69) is 12.2 Å². The number of benzene rings is 2. The second kappa shape index (κ2) is 9.37. The third-order valence-corrected chi connectivity index (χ3v) is 4.88. The predicted molar refractivity (Wildman–Crippen MR) is 112 cm³/mol. The minimum absolute atomic E-state index is 0.1000. The van der Waals surface area contributed by atoms with E-state index in [1.54, 1.807) is 24.3 Å². The van der Waals surface area contributed by atoms with Crippen LogP contribution in [0.15, 0.2) is 48.5 Å². The highest BCUT2D eigenvalue weighted by Gasteiger charge is 2.31. The molecule has 2 aromatic carbocycles. The first-order chi connectivity index (χ1) is 14.0. The van der Waals surface area contributed by atoms with E-state index in [4.69, 9.17) is 4.74 Å². The van der Waals surface area contributed by atoms with Gasteiger partial charge in [0.15, 0.2) is 6.10 Å². The maximum atomic E-state index is 12.8. The largest absolute Gasteiger partial charge is 0.452 e. The maximum Gasteiger partial charge on any atom is 0.311 e. The number of rotatable bonds is 7. The molecule has 1 aliphatic heterocycles. The van der Waals surface area contributed by atoms with Crippen molar-refractivity contribution in [3.63, 3.8) is 0 Å². The van der Waals surface area contributed by atoms with E-state index in [-0.39, 0.29) is 18.9 Å². The second-order valence-electron chi connectivity index (χ2n) is 7.22. The number of amides is 2. The summed E-state index contributed by atoms with van der Waals surface area (Å²) in [6.45, 7) is 3.59. The summed E-state index contributed by atoms with van der Waals surface area (Å²) in [6, 6.07) is 14.9. The average Bonchev–Trinajstić information content (AvgIpc) is 2.72. The van der Waals surface area contributed by atoms with E-state index < -0.39 is 18.0 Å². The first kappa shape index (κ1) is 20.6. The molecule has 6 heteroatoms. The molecular formula is C23H26N2O4. The number of fused-ring (bicyclic) bond motifs is 1. The standard InChI is InChI=1S/C23H26N2O4/c1-3-4-7-17-10-12-18(13-11-17)14-22(27)29-16(2)23(28)25-15-21(26)24-19-8-5-6-9-20(19)25/h5-6,8-13,16H,3-4,7,14-15H2,1-2H3,(H,24,26)/t16-/m0/s1. The molecule has 0 saturated heterocycles. The highest BCUT2D eigenvalue weighted by Crippen LogP contribution is 2.29. The Morgan fingerprint density at radius 3 is 2.52 bits per heavy atom. The molecule has 1 N–H and O–H groups in total. The number of nitrogens with zero attached hydrogens (tertiary/aromatic N) is 1. The van der Waals surface area contributed by atoms with Crippen molar-refractivity contribution in [2.45, 2.75) is 45.6 Å². The number of unbranched alkanes of at least 4 members (excludes halogenated alkanes) is 1. The summed E-state index contributed by atoms with van der Waals surface area (Å²) in [4.78, 5) is 38.4. The maximum absolute atomic E-state index is 12.8. The first-order valence-electron chi connectivity index (χ1n) is 9.95. The number of hydrogen-bond acceptors (Lipinski definition) is 4. The van der Waals surface area contributed by atoms with E-state index in [0.29, 0.717) is 11.4 Å². The quantitative estimate of drug-likeness (QED) is 0.730. The molecule has 3 rings (SSSR count). The van der Waals surface area contributed by atoms with Crippen LogP contribution in [0.1, 0.15) is 37.8 Å². The molecule has 0 aromatic heterocycles. The molecule has 0 saturated carbocycles. The van der Waals surface area contributed by atoms with Gasteiger partial charge in [-0.2, -0.15) is 0 Å². The van der Waals surface area contributed by atoms with Gasteiger partial charge < -0.3 is 10.1 Å². The van der Waals surface area contributed by atoms with Crippen molar-refractivity contribution in [2.24, 2.45) is 0 Å². The summed E-state index contributed by atoms with van der Waals surface area (Å²) in [7, 11) is 0. The minimum Gasteiger partial charge on any atom is -0.452 e. The summed E-state index contributed by atoms with van der Waals surface area (Å²) in [6.07, 6.45) is 2.42. The molecular weight excluding hydrogens is 368 g/mol. The van der Waals surface area contributed by atoms with Crippen LogP contribution in [0.3, 0.4) is 0 Å². The van der Waals surface area contributed by atoms with Gasteiger partial charge in [-0.1, -0.05) is 49.7 Å². The Morgan fingerprint density at radius 1 is 1.10 bits per heavy atom. The molecule has 0 spiro atoms. The molecule has 2 amide bonds. The van der Waals surface area contributed by atoms with Gasteiger partial charge >= 0.3 is 5.97 Å². The fourth-order valence-electron chi connectivity index (χ4n) is 3.31. The van der Waals surface area contributed by atoms with Crippen LogP contribution in [0, 0.1) is 0 Å². The molecule has 1 aliphatic rings. The zero-order chi connectivity index (χ0) is 20.8. The van der Waals surface area contributed by atoms with Crippen molar-refractivity contribution in [1.29, 1.82) is 0 Å². The van der Waals surface area contributed by atoms with Crippen molar-refractivity contribution in [2.75, 3.05) is 16.8 Å². The lowest BCUT2D eigenvalue weighted by Gasteiger charge is -2.30. The topological polar surface area (TPSA) is 75.7 Å². The van der Waals surface area contributed by atoms with E-state index >= 15 is 0 Å². The Hall–Kier alpha value is -3.15.